The van der Waals surface area contributed by atoms with Gasteiger partial charge in [-0.15, -0.1) is 0 Å². The van der Waals surface area contributed by atoms with E-state index in [9.17, 15) is 5.11 Å². The van der Waals surface area contributed by atoms with E-state index in [-0.39, 0.29) is 5.60 Å². The Morgan fingerprint density at radius 2 is 1.93 bits per heavy atom. The standard InChI is InChI=1S/C13H16O2/c14-11-5-4-6-12-10(11)9-13(15-12)7-2-1-3-8-13/h4-6,14H,1-3,7-9H2. The van der Waals surface area contributed by atoms with Gasteiger partial charge in [0.05, 0.1) is 0 Å². The minimum Gasteiger partial charge on any atom is -0.508 e. The molecular formula is C13H16O2. The Hall–Kier alpha value is -1.18. The Morgan fingerprint density at radius 3 is 2.67 bits per heavy atom. The van der Waals surface area contributed by atoms with Crippen molar-refractivity contribution in [2.75, 3.05) is 0 Å². The van der Waals surface area contributed by atoms with Crippen LogP contribution < -0.4 is 4.74 Å². The van der Waals surface area contributed by atoms with Crippen molar-refractivity contribution >= 4 is 0 Å². The summed E-state index contributed by atoms with van der Waals surface area (Å²) in [7, 11) is 0. The molecule has 2 heteroatoms. The summed E-state index contributed by atoms with van der Waals surface area (Å²) in [5, 5.41) is 9.77. The first-order valence-electron chi connectivity index (χ1n) is 5.79. The summed E-state index contributed by atoms with van der Waals surface area (Å²) in [6.07, 6.45) is 7.02. The molecule has 1 aromatic rings. The van der Waals surface area contributed by atoms with Gasteiger partial charge in [0.1, 0.15) is 17.1 Å². The second-order valence-corrected chi connectivity index (χ2v) is 4.78. The van der Waals surface area contributed by atoms with Crippen molar-refractivity contribution in [3.8, 4) is 11.5 Å². The van der Waals surface area contributed by atoms with Crippen molar-refractivity contribution in [2.45, 2.75) is 44.1 Å². The van der Waals surface area contributed by atoms with E-state index in [1.165, 1.54) is 19.3 Å². The van der Waals surface area contributed by atoms with E-state index in [1.807, 2.05) is 12.1 Å². The molecule has 3 rings (SSSR count). The number of fused-ring (bicyclic) bond motifs is 1. The van der Waals surface area contributed by atoms with Crippen LogP contribution in [-0.2, 0) is 6.42 Å². The Labute approximate surface area is 89.9 Å². The zero-order valence-corrected chi connectivity index (χ0v) is 8.83. The molecule has 0 bridgehead atoms. The van der Waals surface area contributed by atoms with Crippen LogP contribution >= 0.6 is 0 Å². The first-order chi connectivity index (χ1) is 7.29. The number of phenols is 1. The first-order valence-corrected chi connectivity index (χ1v) is 5.79. The molecule has 2 nitrogen and oxygen atoms in total. The van der Waals surface area contributed by atoms with Gasteiger partial charge in [-0.3, -0.25) is 0 Å². The Bertz CT molecular complexity index is 378. The van der Waals surface area contributed by atoms with Gasteiger partial charge in [-0.1, -0.05) is 12.5 Å². The third-order valence-corrected chi connectivity index (χ3v) is 3.70. The van der Waals surface area contributed by atoms with Gasteiger partial charge in [-0.05, 0) is 37.8 Å². The molecule has 1 aliphatic heterocycles. The first kappa shape index (κ1) is 9.08. The fourth-order valence-electron chi connectivity index (χ4n) is 2.89. The zero-order valence-electron chi connectivity index (χ0n) is 8.83. The SMILES string of the molecule is Oc1cccc2c1CC1(CCCCC1)O2. The maximum Gasteiger partial charge on any atom is 0.127 e. The third-order valence-electron chi connectivity index (χ3n) is 3.70. The second kappa shape index (κ2) is 3.16. The molecule has 1 aliphatic carbocycles. The minimum absolute atomic E-state index is 0.0133. The van der Waals surface area contributed by atoms with E-state index >= 15 is 0 Å². The molecular weight excluding hydrogens is 188 g/mol. The molecule has 0 amide bonds. The number of benzene rings is 1. The molecule has 1 N–H and O–H groups in total. The second-order valence-electron chi connectivity index (χ2n) is 4.78. The largest absolute Gasteiger partial charge is 0.508 e. The lowest BCUT2D eigenvalue weighted by Crippen LogP contribution is -2.36. The molecule has 2 aliphatic rings. The van der Waals surface area contributed by atoms with Crippen LogP contribution in [0.2, 0.25) is 0 Å². The highest BCUT2D eigenvalue weighted by Gasteiger charge is 2.41. The normalized spacial score (nSPS) is 22.4. The average molecular weight is 204 g/mol. The van der Waals surface area contributed by atoms with Crippen molar-refractivity contribution in [1.82, 2.24) is 0 Å². The van der Waals surface area contributed by atoms with Gasteiger partial charge in [0.15, 0.2) is 0 Å². The lowest BCUT2D eigenvalue weighted by atomic mass is 9.82. The summed E-state index contributed by atoms with van der Waals surface area (Å²) in [6.45, 7) is 0. The van der Waals surface area contributed by atoms with Gasteiger partial charge in [-0.2, -0.15) is 0 Å². The molecule has 1 spiro atoms. The summed E-state index contributed by atoms with van der Waals surface area (Å²) in [5.74, 6) is 1.30. The molecule has 1 aromatic carbocycles. The summed E-state index contributed by atoms with van der Waals surface area (Å²) >= 11 is 0. The maximum atomic E-state index is 9.77. The van der Waals surface area contributed by atoms with Gasteiger partial charge >= 0.3 is 0 Å². The number of ether oxygens (including phenoxy) is 1. The predicted molar refractivity (Wildman–Crippen MR) is 58.3 cm³/mol. The van der Waals surface area contributed by atoms with Crippen molar-refractivity contribution in [1.29, 1.82) is 0 Å². The molecule has 0 atom stereocenters. The highest BCUT2D eigenvalue weighted by atomic mass is 16.5. The number of rotatable bonds is 0. The van der Waals surface area contributed by atoms with E-state index < -0.39 is 0 Å². The highest BCUT2D eigenvalue weighted by molar-refractivity contribution is 5.48. The van der Waals surface area contributed by atoms with Crippen molar-refractivity contribution < 1.29 is 9.84 Å². The number of aromatic hydroxyl groups is 1. The third kappa shape index (κ3) is 1.39. The van der Waals surface area contributed by atoms with Gasteiger partial charge in [0, 0.05) is 12.0 Å². The fraction of sp³-hybridized carbons (Fsp3) is 0.538. The van der Waals surface area contributed by atoms with Crippen LogP contribution in [0.3, 0.4) is 0 Å². The van der Waals surface area contributed by atoms with E-state index in [2.05, 4.69) is 0 Å². The van der Waals surface area contributed by atoms with Crippen LogP contribution in [-0.4, -0.2) is 10.7 Å². The van der Waals surface area contributed by atoms with Gasteiger partial charge in [-0.25, -0.2) is 0 Å². The number of hydrogen-bond donors (Lipinski definition) is 1. The molecule has 15 heavy (non-hydrogen) atoms. The van der Waals surface area contributed by atoms with Crippen LogP contribution in [0.4, 0.5) is 0 Å². The monoisotopic (exact) mass is 204 g/mol. The van der Waals surface area contributed by atoms with Crippen LogP contribution in [0.5, 0.6) is 11.5 Å². The summed E-state index contributed by atoms with van der Waals surface area (Å²) in [4.78, 5) is 0. The maximum absolute atomic E-state index is 9.77. The quantitative estimate of drug-likeness (QED) is 0.703. The van der Waals surface area contributed by atoms with E-state index in [1.54, 1.807) is 6.07 Å². The molecule has 0 aromatic heterocycles. The lowest BCUT2D eigenvalue weighted by Gasteiger charge is -2.32. The fourth-order valence-corrected chi connectivity index (χ4v) is 2.89. The molecule has 1 saturated carbocycles. The molecule has 0 saturated heterocycles. The summed E-state index contributed by atoms with van der Waals surface area (Å²) in [6, 6.07) is 5.58. The Kier molecular flexibility index (Phi) is 1.91. The number of hydrogen-bond acceptors (Lipinski definition) is 2. The highest BCUT2D eigenvalue weighted by Crippen LogP contribution is 2.46. The van der Waals surface area contributed by atoms with Crippen molar-refractivity contribution in [3.63, 3.8) is 0 Å². The van der Waals surface area contributed by atoms with E-state index in [0.717, 1.165) is 30.6 Å². The van der Waals surface area contributed by atoms with E-state index in [0.29, 0.717) is 5.75 Å². The summed E-state index contributed by atoms with van der Waals surface area (Å²) < 4.78 is 6.06. The Balaban J connectivity index is 1.94. The van der Waals surface area contributed by atoms with Crippen LogP contribution in [0.1, 0.15) is 37.7 Å². The zero-order chi connectivity index (χ0) is 10.3. The smallest absolute Gasteiger partial charge is 0.127 e. The molecule has 0 radical (unpaired) electrons. The van der Waals surface area contributed by atoms with Crippen molar-refractivity contribution in [3.05, 3.63) is 23.8 Å². The topological polar surface area (TPSA) is 29.5 Å². The van der Waals surface area contributed by atoms with Crippen LogP contribution in [0.15, 0.2) is 18.2 Å². The predicted octanol–water partition coefficient (Wildman–Crippen LogP) is 3.03. The molecule has 1 fully saturated rings. The average Bonchev–Trinajstić information content (AvgIpc) is 2.59. The summed E-state index contributed by atoms with van der Waals surface area (Å²) in [5.41, 5.74) is 1.03. The van der Waals surface area contributed by atoms with Crippen molar-refractivity contribution in [2.24, 2.45) is 0 Å². The molecule has 1 heterocycles. The number of phenolic OH excluding ortho intramolecular Hbond substituents is 1. The van der Waals surface area contributed by atoms with Gasteiger partial charge in [0.25, 0.3) is 0 Å². The lowest BCUT2D eigenvalue weighted by molar-refractivity contribution is 0.0528. The molecule has 0 unspecified atom stereocenters. The molecule has 80 valence electrons. The van der Waals surface area contributed by atoms with E-state index in [4.69, 9.17) is 4.74 Å². The van der Waals surface area contributed by atoms with Crippen LogP contribution in [0.25, 0.3) is 0 Å². The minimum atomic E-state index is 0.0133. The van der Waals surface area contributed by atoms with Gasteiger partial charge < -0.3 is 9.84 Å². The van der Waals surface area contributed by atoms with Gasteiger partial charge in [0.2, 0.25) is 0 Å². The van der Waals surface area contributed by atoms with Crippen LogP contribution in [0, 0.1) is 0 Å². The Morgan fingerprint density at radius 1 is 1.13 bits per heavy atom.